The quantitative estimate of drug-likeness (QED) is 0.186. The molecule has 4 aromatic carbocycles. The third kappa shape index (κ3) is 5.26. The van der Waals surface area contributed by atoms with Crippen LogP contribution in [0.1, 0.15) is 11.1 Å². The fourth-order valence-corrected chi connectivity index (χ4v) is 6.24. The molecule has 38 heavy (non-hydrogen) atoms. The van der Waals surface area contributed by atoms with Crippen molar-refractivity contribution < 1.29 is 26.9 Å². The molecule has 0 aliphatic carbocycles. The fraction of sp³-hybridized carbons (Fsp3) is 0.0714. The summed E-state index contributed by atoms with van der Waals surface area (Å²) in [6, 6.07) is 23.6. The zero-order valence-corrected chi connectivity index (χ0v) is 22.3. The van der Waals surface area contributed by atoms with Crippen LogP contribution in [0.15, 0.2) is 94.7 Å². The summed E-state index contributed by atoms with van der Waals surface area (Å²) in [7, 11) is -2.79. The zero-order valence-electron chi connectivity index (χ0n) is 20.0. The highest BCUT2D eigenvalue weighted by Crippen LogP contribution is 2.36. The van der Waals surface area contributed by atoms with Gasteiger partial charge in [-0.1, -0.05) is 66.2 Å². The van der Waals surface area contributed by atoms with Crippen molar-refractivity contribution in [3.8, 4) is 11.5 Å². The summed E-state index contributed by atoms with van der Waals surface area (Å²) >= 11 is 6.84. The van der Waals surface area contributed by atoms with Crippen molar-refractivity contribution in [1.82, 2.24) is 4.90 Å². The molecule has 2 amide bonds. The van der Waals surface area contributed by atoms with Crippen molar-refractivity contribution in [2.45, 2.75) is 11.4 Å². The minimum atomic E-state index is -4.18. The SMILES string of the molecule is COc1cc(/C=C2\SC(=O)N(Cc3cccc(Cl)c3)C2=O)ccc1OS(=O)(=O)c1cccc2ccccc12. The monoisotopic (exact) mass is 565 g/mol. The molecule has 1 saturated heterocycles. The number of ether oxygens (including phenoxy) is 1. The maximum Gasteiger partial charge on any atom is 0.339 e. The number of amides is 2. The lowest BCUT2D eigenvalue weighted by Crippen LogP contribution is -2.27. The van der Waals surface area contributed by atoms with Gasteiger partial charge in [0.2, 0.25) is 0 Å². The van der Waals surface area contributed by atoms with Crippen LogP contribution >= 0.6 is 23.4 Å². The van der Waals surface area contributed by atoms with E-state index in [1.807, 2.05) is 18.2 Å². The maximum absolute atomic E-state index is 13.1. The van der Waals surface area contributed by atoms with Crippen LogP contribution in [0, 0.1) is 0 Å². The van der Waals surface area contributed by atoms with Crippen LogP contribution in [0.4, 0.5) is 4.79 Å². The van der Waals surface area contributed by atoms with Gasteiger partial charge >= 0.3 is 10.1 Å². The van der Waals surface area contributed by atoms with Crippen LogP contribution in [-0.2, 0) is 21.5 Å². The van der Waals surface area contributed by atoms with Gasteiger partial charge in [0.05, 0.1) is 18.6 Å². The predicted octanol–water partition coefficient (Wildman–Crippen LogP) is 6.51. The second-order valence-electron chi connectivity index (χ2n) is 8.32. The van der Waals surface area contributed by atoms with Crippen LogP contribution in [0.2, 0.25) is 5.02 Å². The Kier molecular flexibility index (Phi) is 7.16. The number of rotatable bonds is 7. The maximum atomic E-state index is 13.1. The molecule has 1 aliphatic rings. The van der Waals surface area contributed by atoms with Crippen molar-refractivity contribution >= 4 is 61.5 Å². The molecule has 1 aliphatic heterocycles. The van der Waals surface area contributed by atoms with Gasteiger partial charge < -0.3 is 8.92 Å². The second kappa shape index (κ2) is 10.5. The summed E-state index contributed by atoms with van der Waals surface area (Å²) in [5.74, 6) is -0.287. The molecule has 7 nitrogen and oxygen atoms in total. The topological polar surface area (TPSA) is 90.0 Å². The van der Waals surface area contributed by atoms with Gasteiger partial charge in [-0.05, 0) is 64.7 Å². The molecule has 1 fully saturated rings. The number of thioether (sulfide) groups is 1. The van der Waals surface area contributed by atoms with Crippen molar-refractivity contribution in [3.63, 3.8) is 0 Å². The Morgan fingerprint density at radius 3 is 2.47 bits per heavy atom. The highest BCUT2D eigenvalue weighted by Gasteiger charge is 2.35. The van der Waals surface area contributed by atoms with Gasteiger partial charge in [-0.3, -0.25) is 14.5 Å². The summed E-state index contributed by atoms with van der Waals surface area (Å²) in [5, 5.41) is 1.43. The number of hydrogen-bond donors (Lipinski definition) is 0. The van der Waals surface area contributed by atoms with E-state index >= 15 is 0 Å². The Hall–Kier alpha value is -3.79. The van der Waals surface area contributed by atoms with E-state index in [0.29, 0.717) is 16.0 Å². The Morgan fingerprint density at radius 1 is 0.921 bits per heavy atom. The lowest BCUT2D eigenvalue weighted by molar-refractivity contribution is -0.123. The molecule has 4 aromatic rings. The molecule has 10 heteroatoms. The number of carbonyl (C=O) groups excluding carboxylic acids is 2. The molecule has 0 bridgehead atoms. The van der Waals surface area contributed by atoms with E-state index < -0.39 is 21.3 Å². The van der Waals surface area contributed by atoms with E-state index in [1.54, 1.807) is 60.7 Å². The van der Waals surface area contributed by atoms with Gasteiger partial charge in [-0.15, -0.1) is 0 Å². The molecule has 0 aromatic heterocycles. The van der Waals surface area contributed by atoms with Crippen LogP contribution in [0.5, 0.6) is 11.5 Å². The summed E-state index contributed by atoms with van der Waals surface area (Å²) in [5.41, 5.74) is 1.27. The van der Waals surface area contributed by atoms with Crippen LogP contribution in [0.3, 0.4) is 0 Å². The number of fused-ring (bicyclic) bond motifs is 1. The van der Waals surface area contributed by atoms with Crippen molar-refractivity contribution in [2.75, 3.05) is 7.11 Å². The first-order chi connectivity index (χ1) is 18.2. The summed E-state index contributed by atoms with van der Waals surface area (Å²) in [6.07, 6.45) is 1.55. The predicted molar refractivity (Wildman–Crippen MR) is 148 cm³/mol. The van der Waals surface area contributed by atoms with E-state index in [0.717, 1.165) is 27.6 Å². The van der Waals surface area contributed by atoms with Crippen LogP contribution in [-0.4, -0.2) is 31.6 Å². The standard InChI is InChI=1S/C28H20ClNO6S2/c1-35-24-15-18(16-25-27(31)30(28(32)37-25)17-19-6-4-9-21(29)14-19)12-13-23(24)36-38(33,34)26-11-5-8-20-7-2-3-10-22(20)26/h2-16H,17H2,1H3/b25-16-. The third-order valence-corrected chi connectivity index (χ3v) is 8.24. The Balaban J connectivity index is 1.39. The Morgan fingerprint density at radius 2 is 1.68 bits per heavy atom. The first-order valence-corrected chi connectivity index (χ1v) is 14.0. The number of nitrogens with zero attached hydrogens (tertiary/aromatic N) is 1. The van der Waals surface area contributed by atoms with E-state index in [-0.39, 0.29) is 27.8 Å². The molecular formula is C28H20ClNO6S2. The average Bonchev–Trinajstić information content (AvgIpc) is 3.16. The molecular weight excluding hydrogens is 546 g/mol. The van der Waals surface area contributed by atoms with Crippen molar-refractivity contribution in [2.24, 2.45) is 0 Å². The van der Waals surface area contributed by atoms with E-state index in [1.165, 1.54) is 19.2 Å². The van der Waals surface area contributed by atoms with Gasteiger partial charge in [0.25, 0.3) is 11.1 Å². The van der Waals surface area contributed by atoms with Gasteiger partial charge in [-0.25, -0.2) is 0 Å². The number of benzene rings is 4. The highest BCUT2D eigenvalue weighted by atomic mass is 35.5. The number of carbonyl (C=O) groups is 2. The minimum Gasteiger partial charge on any atom is -0.493 e. The average molecular weight is 566 g/mol. The molecule has 0 radical (unpaired) electrons. The van der Waals surface area contributed by atoms with Gasteiger partial charge in [0.1, 0.15) is 4.90 Å². The van der Waals surface area contributed by atoms with E-state index in [9.17, 15) is 18.0 Å². The molecule has 192 valence electrons. The zero-order chi connectivity index (χ0) is 26.9. The van der Waals surface area contributed by atoms with E-state index in [2.05, 4.69) is 0 Å². The molecule has 5 rings (SSSR count). The number of halogens is 1. The van der Waals surface area contributed by atoms with Crippen molar-refractivity contribution in [1.29, 1.82) is 0 Å². The minimum absolute atomic E-state index is 0.00774. The Labute approximate surface area is 228 Å². The third-order valence-electron chi connectivity index (χ3n) is 5.81. The van der Waals surface area contributed by atoms with Gasteiger partial charge in [-0.2, -0.15) is 8.42 Å². The van der Waals surface area contributed by atoms with Gasteiger partial charge in [0.15, 0.2) is 11.5 Å². The molecule has 0 saturated carbocycles. The number of methoxy groups -OCH3 is 1. The smallest absolute Gasteiger partial charge is 0.339 e. The van der Waals surface area contributed by atoms with Crippen LogP contribution < -0.4 is 8.92 Å². The largest absolute Gasteiger partial charge is 0.493 e. The molecule has 0 atom stereocenters. The molecule has 0 spiro atoms. The van der Waals surface area contributed by atoms with Crippen molar-refractivity contribution in [3.05, 3.63) is 106 Å². The lowest BCUT2D eigenvalue weighted by atomic mass is 10.1. The first kappa shape index (κ1) is 25.8. The summed E-state index contributed by atoms with van der Waals surface area (Å²) in [6.45, 7) is 0.102. The highest BCUT2D eigenvalue weighted by molar-refractivity contribution is 8.18. The number of hydrogen-bond acceptors (Lipinski definition) is 7. The Bertz CT molecular complexity index is 1710. The molecule has 0 unspecified atom stereocenters. The lowest BCUT2D eigenvalue weighted by Gasteiger charge is -2.13. The second-order valence-corrected chi connectivity index (χ2v) is 11.3. The first-order valence-electron chi connectivity index (χ1n) is 11.4. The van der Waals surface area contributed by atoms with Crippen LogP contribution in [0.25, 0.3) is 16.8 Å². The number of imide groups is 1. The van der Waals surface area contributed by atoms with E-state index in [4.69, 9.17) is 20.5 Å². The summed E-state index contributed by atoms with van der Waals surface area (Å²) in [4.78, 5) is 26.9. The fourth-order valence-electron chi connectivity index (χ4n) is 4.03. The van der Waals surface area contributed by atoms with Gasteiger partial charge in [0, 0.05) is 10.4 Å². The summed E-state index contributed by atoms with van der Waals surface area (Å²) < 4.78 is 37.1. The normalized spacial score (nSPS) is 14.9. The molecule has 1 heterocycles. The molecule has 0 N–H and O–H groups in total.